The molecule has 0 unspecified atom stereocenters. The van der Waals surface area contributed by atoms with Crippen LogP contribution in [0, 0.1) is 11.3 Å². The molecule has 0 aliphatic carbocycles. The Bertz CT molecular complexity index is 429. The highest BCUT2D eigenvalue weighted by molar-refractivity contribution is 6.33. The summed E-state index contributed by atoms with van der Waals surface area (Å²) < 4.78 is 0. The molecular weight excluding hydrogens is 256 g/mol. The lowest BCUT2D eigenvalue weighted by Gasteiger charge is -2.40. The molecule has 0 saturated carbocycles. The summed E-state index contributed by atoms with van der Waals surface area (Å²) in [5.74, 6) is 0.811. The number of nitrogens with zero attached hydrogens (tertiary/aromatic N) is 1. The van der Waals surface area contributed by atoms with Crippen LogP contribution in [0.25, 0.3) is 0 Å². The molecule has 1 aromatic rings. The summed E-state index contributed by atoms with van der Waals surface area (Å²) in [6.07, 6.45) is 2.50. The summed E-state index contributed by atoms with van der Waals surface area (Å²) in [5.41, 5.74) is 8.31. The average molecular weight is 281 g/mol. The van der Waals surface area contributed by atoms with Gasteiger partial charge in [-0.15, -0.1) is 0 Å². The zero-order valence-corrected chi connectivity index (χ0v) is 13.0. The van der Waals surface area contributed by atoms with E-state index in [-0.39, 0.29) is 0 Å². The number of anilines is 1. The molecule has 1 aliphatic heterocycles. The van der Waals surface area contributed by atoms with Crippen LogP contribution >= 0.6 is 11.6 Å². The standard InChI is InChI=1S/C16H25ClN2/c1-16(2,3)13-6-8-19(9-7-13)15-5-4-12(11-18)10-14(15)17/h4-5,10,13H,6-9,11,18H2,1-3H3. The van der Waals surface area contributed by atoms with Gasteiger partial charge in [0.1, 0.15) is 0 Å². The van der Waals surface area contributed by atoms with Crippen LogP contribution in [-0.2, 0) is 6.54 Å². The Kier molecular flexibility index (Phi) is 4.42. The third-order valence-electron chi connectivity index (χ3n) is 4.31. The van der Waals surface area contributed by atoms with Crippen molar-refractivity contribution in [3.8, 4) is 0 Å². The molecule has 19 heavy (non-hydrogen) atoms. The molecule has 3 heteroatoms. The molecule has 0 amide bonds. The van der Waals surface area contributed by atoms with Gasteiger partial charge in [-0.3, -0.25) is 0 Å². The molecule has 2 N–H and O–H groups in total. The minimum atomic E-state index is 0.416. The molecule has 1 fully saturated rings. The summed E-state index contributed by atoms with van der Waals surface area (Å²) in [4.78, 5) is 2.41. The van der Waals surface area contributed by atoms with Crippen molar-refractivity contribution in [2.75, 3.05) is 18.0 Å². The predicted octanol–water partition coefficient (Wildman–Crippen LogP) is 4.06. The number of hydrogen-bond donors (Lipinski definition) is 1. The van der Waals surface area contributed by atoms with Gasteiger partial charge in [0, 0.05) is 19.6 Å². The van der Waals surface area contributed by atoms with Crippen LogP contribution in [0.5, 0.6) is 0 Å². The van der Waals surface area contributed by atoms with E-state index in [2.05, 4.69) is 37.8 Å². The van der Waals surface area contributed by atoms with Crippen LogP contribution in [0.1, 0.15) is 39.2 Å². The van der Waals surface area contributed by atoms with Gasteiger partial charge in [-0.1, -0.05) is 38.4 Å². The minimum Gasteiger partial charge on any atom is -0.370 e. The lowest BCUT2D eigenvalue weighted by molar-refractivity contribution is 0.199. The highest BCUT2D eigenvalue weighted by Crippen LogP contribution is 2.37. The first-order valence-electron chi connectivity index (χ1n) is 7.15. The van der Waals surface area contributed by atoms with Gasteiger partial charge in [0.05, 0.1) is 10.7 Å². The number of benzene rings is 1. The van der Waals surface area contributed by atoms with Crippen molar-refractivity contribution in [3.63, 3.8) is 0 Å². The van der Waals surface area contributed by atoms with E-state index in [9.17, 15) is 0 Å². The summed E-state index contributed by atoms with van der Waals surface area (Å²) in [7, 11) is 0. The quantitative estimate of drug-likeness (QED) is 0.885. The van der Waals surface area contributed by atoms with Crippen molar-refractivity contribution in [3.05, 3.63) is 28.8 Å². The monoisotopic (exact) mass is 280 g/mol. The minimum absolute atomic E-state index is 0.416. The normalized spacial score (nSPS) is 17.8. The first-order valence-corrected chi connectivity index (χ1v) is 7.53. The van der Waals surface area contributed by atoms with E-state index in [1.807, 2.05) is 6.07 Å². The van der Waals surface area contributed by atoms with E-state index in [1.165, 1.54) is 12.8 Å². The zero-order chi connectivity index (χ0) is 14.0. The molecule has 1 heterocycles. The fraction of sp³-hybridized carbons (Fsp3) is 0.625. The molecule has 0 bridgehead atoms. The lowest BCUT2D eigenvalue weighted by atomic mass is 9.75. The number of rotatable bonds is 2. The third kappa shape index (κ3) is 3.43. The second-order valence-corrected chi connectivity index (χ2v) is 7.02. The van der Waals surface area contributed by atoms with Crippen LogP contribution in [0.2, 0.25) is 5.02 Å². The van der Waals surface area contributed by atoms with Crippen molar-refractivity contribution in [2.45, 2.75) is 40.2 Å². The van der Waals surface area contributed by atoms with Crippen molar-refractivity contribution in [2.24, 2.45) is 17.1 Å². The first-order chi connectivity index (χ1) is 8.91. The van der Waals surface area contributed by atoms with Crippen molar-refractivity contribution >= 4 is 17.3 Å². The molecule has 2 nitrogen and oxygen atoms in total. The molecule has 0 radical (unpaired) electrons. The maximum atomic E-state index is 6.37. The van der Waals surface area contributed by atoms with Gasteiger partial charge in [-0.2, -0.15) is 0 Å². The number of hydrogen-bond acceptors (Lipinski definition) is 2. The van der Waals surface area contributed by atoms with E-state index in [0.717, 1.165) is 35.3 Å². The van der Waals surface area contributed by atoms with Crippen LogP contribution in [0.15, 0.2) is 18.2 Å². The van der Waals surface area contributed by atoms with E-state index >= 15 is 0 Å². The van der Waals surface area contributed by atoms with Gasteiger partial charge in [-0.25, -0.2) is 0 Å². The molecular formula is C16H25ClN2. The van der Waals surface area contributed by atoms with Crippen molar-refractivity contribution in [1.82, 2.24) is 0 Å². The van der Waals surface area contributed by atoms with Gasteiger partial charge in [0.15, 0.2) is 0 Å². The summed E-state index contributed by atoms with van der Waals surface area (Å²) >= 11 is 6.37. The third-order valence-corrected chi connectivity index (χ3v) is 4.61. The second kappa shape index (κ2) is 5.72. The van der Waals surface area contributed by atoms with Crippen molar-refractivity contribution in [1.29, 1.82) is 0 Å². The SMILES string of the molecule is CC(C)(C)C1CCN(c2ccc(CN)cc2Cl)CC1. The van der Waals surface area contributed by atoms with Crippen LogP contribution in [-0.4, -0.2) is 13.1 Å². The van der Waals surface area contributed by atoms with Crippen LogP contribution in [0.3, 0.4) is 0 Å². The molecule has 2 rings (SSSR count). The molecule has 106 valence electrons. The highest BCUT2D eigenvalue weighted by Gasteiger charge is 2.29. The predicted molar refractivity (Wildman–Crippen MR) is 83.7 cm³/mol. The Morgan fingerprint density at radius 2 is 1.89 bits per heavy atom. The maximum absolute atomic E-state index is 6.37. The van der Waals surface area contributed by atoms with Crippen LogP contribution < -0.4 is 10.6 Å². The number of nitrogens with two attached hydrogens (primary N) is 1. The Morgan fingerprint density at radius 3 is 2.37 bits per heavy atom. The van der Waals surface area contributed by atoms with E-state index in [0.29, 0.717) is 12.0 Å². The molecule has 1 aromatic carbocycles. The molecule has 0 aromatic heterocycles. The van der Waals surface area contributed by atoms with E-state index < -0.39 is 0 Å². The molecule has 1 saturated heterocycles. The van der Waals surface area contributed by atoms with Gasteiger partial charge in [-0.05, 0) is 41.9 Å². The Labute approximate surface area is 121 Å². The number of halogens is 1. The molecule has 1 aliphatic rings. The van der Waals surface area contributed by atoms with Gasteiger partial charge >= 0.3 is 0 Å². The second-order valence-electron chi connectivity index (χ2n) is 6.62. The lowest BCUT2D eigenvalue weighted by Crippen LogP contribution is -2.38. The topological polar surface area (TPSA) is 29.3 Å². The van der Waals surface area contributed by atoms with Gasteiger partial charge in [0.2, 0.25) is 0 Å². The van der Waals surface area contributed by atoms with E-state index in [4.69, 9.17) is 17.3 Å². The molecule has 0 atom stereocenters. The van der Waals surface area contributed by atoms with Gasteiger partial charge in [0.25, 0.3) is 0 Å². The number of piperidine rings is 1. The smallest absolute Gasteiger partial charge is 0.0642 e. The Balaban J connectivity index is 2.06. The Morgan fingerprint density at radius 1 is 1.26 bits per heavy atom. The summed E-state index contributed by atoms with van der Waals surface area (Å²) in [5, 5.41) is 0.831. The largest absolute Gasteiger partial charge is 0.370 e. The first kappa shape index (κ1) is 14.7. The fourth-order valence-electron chi connectivity index (χ4n) is 2.92. The molecule has 0 spiro atoms. The van der Waals surface area contributed by atoms with Gasteiger partial charge < -0.3 is 10.6 Å². The van der Waals surface area contributed by atoms with Crippen LogP contribution in [0.4, 0.5) is 5.69 Å². The fourth-order valence-corrected chi connectivity index (χ4v) is 3.24. The maximum Gasteiger partial charge on any atom is 0.0642 e. The zero-order valence-electron chi connectivity index (χ0n) is 12.2. The summed E-state index contributed by atoms with van der Waals surface area (Å²) in [6, 6.07) is 6.19. The van der Waals surface area contributed by atoms with Crippen molar-refractivity contribution < 1.29 is 0 Å². The van der Waals surface area contributed by atoms with E-state index in [1.54, 1.807) is 0 Å². The Hall–Kier alpha value is -0.730. The highest BCUT2D eigenvalue weighted by atomic mass is 35.5. The average Bonchev–Trinajstić information content (AvgIpc) is 2.37. The summed E-state index contributed by atoms with van der Waals surface area (Å²) in [6.45, 7) is 9.78.